The fraction of sp³-hybridized carbons (Fsp3) is 0.250. The first-order chi connectivity index (χ1) is 11.9. The predicted molar refractivity (Wildman–Crippen MR) is 108 cm³/mol. The van der Waals surface area contributed by atoms with E-state index < -0.39 is 10.0 Å². The van der Waals surface area contributed by atoms with Gasteiger partial charge in [-0.2, -0.15) is 12.8 Å². The molecule has 0 fully saturated rings. The van der Waals surface area contributed by atoms with Gasteiger partial charge in [0.2, 0.25) is 0 Å². The first-order valence-corrected chi connectivity index (χ1v) is 10.8. The topological polar surface area (TPSA) is 46.5 Å². The second kappa shape index (κ2) is 9.02. The van der Waals surface area contributed by atoms with Crippen molar-refractivity contribution in [3.63, 3.8) is 0 Å². The minimum absolute atomic E-state index is 0.224. The maximum Gasteiger partial charge on any atom is 0.283 e. The highest BCUT2D eigenvalue weighted by molar-refractivity contribution is 8.14. The number of benzene rings is 2. The minimum Gasteiger partial charge on any atom is -0.199 e. The number of nitrogens with zero attached hydrogens (tertiary/aromatic N) is 1. The fourth-order valence-electron chi connectivity index (χ4n) is 2.33. The van der Waals surface area contributed by atoms with E-state index in [1.54, 1.807) is 24.3 Å². The lowest BCUT2D eigenvalue weighted by Gasteiger charge is -2.06. The Morgan fingerprint density at radius 3 is 2.32 bits per heavy atom. The Kier molecular flexibility index (Phi) is 7.02. The standard InChI is InChI=1S/C20H23NO2S2/c1-16-12-14-19(15-13-16)25(22,23)21-20(24-3)17(2)8-7-11-18-9-5-4-6-10-18/h4-6,8-10,12-15H,7,11H2,1-3H3/b17-8+,21-20-. The molecule has 0 saturated heterocycles. The molecule has 5 heteroatoms. The van der Waals surface area contributed by atoms with Crippen LogP contribution in [0.2, 0.25) is 0 Å². The molecule has 0 spiro atoms. The smallest absolute Gasteiger partial charge is 0.199 e. The molecule has 0 N–H and O–H groups in total. The van der Waals surface area contributed by atoms with E-state index in [4.69, 9.17) is 0 Å². The van der Waals surface area contributed by atoms with Gasteiger partial charge in [0.05, 0.1) is 4.90 Å². The van der Waals surface area contributed by atoms with Crippen LogP contribution in [0.25, 0.3) is 0 Å². The second-order valence-electron chi connectivity index (χ2n) is 5.80. The van der Waals surface area contributed by atoms with Crippen molar-refractivity contribution >= 4 is 26.8 Å². The molecule has 0 aromatic heterocycles. The van der Waals surface area contributed by atoms with Gasteiger partial charge in [-0.15, -0.1) is 11.8 Å². The normalized spacial score (nSPS) is 13.1. The van der Waals surface area contributed by atoms with Gasteiger partial charge >= 0.3 is 0 Å². The maximum atomic E-state index is 12.5. The molecule has 0 aliphatic carbocycles. The molecule has 0 saturated carbocycles. The first kappa shape index (κ1) is 19.5. The summed E-state index contributed by atoms with van der Waals surface area (Å²) in [6, 6.07) is 17.0. The van der Waals surface area contributed by atoms with E-state index in [2.05, 4.69) is 16.5 Å². The van der Waals surface area contributed by atoms with Gasteiger partial charge in [0, 0.05) is 0 Å². The van der Waals surface area contributed by atoms with E-state index in [0.29, 0.717) is 5.04 Å². The minimum atomic E-state index is -3.68. The lowest BCUT2D eigenvalue weighted by atomic mass is 10.1. The van der Waals surface area contributed by atoms with Gasteiger partial charge in [0.25, 0.3) is 10.0 Å². The molecule has 0 atom stereocenters. The third kappa shape index (κ3) is 5.87. The summed E-state index contributed by atoms with van der Waals surface area (Å²) in [4.78, 5) is 0.224. The molecule has 132 valence electrons. The van der Waals surface area contributed by atoms with Crippen LogP contribution < -0.4 is 0 Å². The SMILES string of the molecule is CSC(=N\S(=O)(=O)c1ccc(C)cc1)/C(C)=C/CCc1ccccc1. The average molecular weight is 374 g/mol. The van der Waals surface area contributed by atoms with Crippen molar-refractivity contribution in [3.8, 4) is 0 Å². The number of hydrogen-bond donors (Lipinski definition) is 0. The molecule has 2 aromatic carbocycles. The largest absolute Gasteiger partial charge is 0.283 e. The van der Waals surface area contributed by atoms with Crippen LogP contribution in [0.3, 0.4) is 0 Å². The molecule has 0 radical (unpaired) electrons. The van der Waals surface area contributed by atoms with Gasteiger partial charge in [-0.05, 0) is 56.2 Å². The van der Waals surface area contributed by atoms with Crippen molar-refractivity contribution in [2.75, 3.05) is 6.26 Å². The monoisotopic (exact) mass is 373 g/mol. The van der Waals surface area contributed by atoms with E-state index >= 15 is 0 Å². The number of aryl methyl sites for hydroxylation is 2. The molecular formula is C20H23NO2S2. The highest BCUT2D eigenvalue weighted by Gasteiger charge is 2.14. The molecule has 3 nitrogen and oxygen atoms in total. The zero-order valence-electron chi connectivity index (χ0n) is 14.8. The zero-order valence-corrected chi connectivity index (χ0v) is 16.4. The van der Waals surface area contributed by atoms with Crippen LogP contribution in [0.1, 0.15) is 24.5 Å². The number of sulfonamides is 1. The molecule has 2 rings (SSSR count). The Morgan fingerprint density at radius 1 is 1.08 bits per heavy atom. The summed E-state index contributed by atoms with van der Waals surface area (Å²) < 4.78 is 29.0. The van der Waals surface area contributed by atoms with Crippen molar-refractivity contribution < 1.29 is 8.42 Å². The van der Waals surface area contributed by atoms with Gasteiger partial charge in [0.15, 0.2) is 0 Å². The summed E-state index contributed by atoms with van der Waals surface area (Å²) in [5, 5.41) is 0.536. The first-order valence-electron chi connectivity index (χ1n) is 8.09. The van der Waals surface area contributed by atoms with E-state index in [-0.39, 0.29) is 4.90 Å². The molecule has 0 heterocycles. The van der Waals surface area contributed by atoms with Crippen LogP contribution in [0.4, 0.5) is 0 Å². The highest BCUT2D eigenvalue weighted by atomic mass is 32.2. The van der Waals surface area contributed by atoms with Crippen molar-refractivity contribution in [2.45, 2.75) is 31.6 Å². The fourth-order valence-corrected chi connectivity index (χ4v) is 4.28. The molecular weight excluding hydrogens is 350 g/mol. The Bertz CT molecular complexity index is 852. The second-order valence-corrected chi connectivity index (χ2v) is 8.20. The quantitative estimate of drug-likeness (QED) is 0.527. The summed E-state index contributed by atoms with van der Waals surface area (Å²) in [6.07, 6.45) is 5.66. The predicted octanol–water partition coefficient (Wildman–Crippen LogP) is 5.02. The van der Waals surface area contributed by atoms with Crippen LogP contribution in [-0.4, -0.2) is 19.7 Å². The number of thioether (sulfide) groups is 1. The third-order valence-electron chi connectivity index (χ3n) is 3.78. The lowest BCUT2D eigenvalue weighted by Crippen LogP contribution is -2.03. The summed E-state index contributed by atoms with van der Waals surface area (Å²) in [7, 11) is -3.68. The van der Waals surface area contributed by atoms with Crippen molar-refractivity contribution in [3.05, 3.63) is 77.4 Å². The Morgan fingerprint density at radius 2 is 1.72 bits per heavy atom. The van der Waals surface area contributed by atoms with Crippen LogP contribution in [0.15, 0.2) is 75.5 Å². The zero-order chi connectivity index (χ0) is 18.3. The average Bonchev–Trinajstić information content (AvgIpc) is 2.61. The Hall–Kier alpha value is -1.85. The highest BCUT2D eigenvalue weighted by Crippen LogP contribution is 2.19. The van der Waals surface area contributed by atoms with E-state index in [0.717, 1.165) is 24.0 Å². The summed E-state index contributed by atoms with van der Waals surface area (Å²) >= 11 is 1.35. The van der Waals surface area contributed by atoms with Crippen molar-refractivity contribution in [1.82, 2.24) is 0 Å². The van der Waals surface area contributed by atoms with Gasteiger partial charge < -0.3 is 0 Å². The van der Waals surface area contributed by atoms with Crippen LogP contribution in [0.5, 0.6) is 0 Å². The van der Waals surface area contributed by atoms with Gasteiger partial charge in [-0.1, -0.05) is 54.1 Å². The van der Waals surface area contributed by atoms with Crippen LogP contribution >= 0.6 is 11.8 Å². The third-order valence-corrected chi connectivity index (χ3v) is 5.99. The lowest BCUT2D eigenvalue weighted by molar-refractivity contribution is 0.598. The van der Waals surface area contributed by atoms with Crippen molar-refractivity contribution in [1.29, 1.82) is 0 Å². The van der Waals surface area contributed by atoms with E-state index in [9.17, 15) is 8.42 Å². The summed E-state index contributed by atoms with van der Waals surface area (Å²) in [5.41, 5.74) is 3.17. The van der Waals surface area contributed by atoms with Gasteiger partial charge in [-0.25, -0.2) is 0 Å². The van der Waals surface area contributed by atoms with E-state index in [1.165, 1.54) is 17.3 Å². The maximum absolute atomic E-state index is 12.5. The number of rotatable bonds is 6. The molecule has 0 bridgehead atoms. The summed E-state index contributed by atoms with van der Waals surface area (Å²) in [5.74, 6) is 0. The molecule has 0 unspecified atom stereocenters. The number of allylic oxidation sites excluding steroid dienone is 1. The summed E-state index contributed by atoms with van der Waals surface area (Å²) in [6.45, 7) is 3.83. The van der Waals surface area contributed by atoms with Crippen molar-refractivity contribution in [2.24, 2.45) is 4.40 Å². The van der Waals surface area contributed by atoms with E-state index in [1.807, 2.05) is 44.4 Å². The Balaban J connectivity index is 2.14. The van der Waals surface area contributed by atoms with Crippen LogP contribution in [-0.2, 0) is 16.4 Å². The molecule has 0 aliphatic heterocycles. The number of hydrogen-bond acceptors (Lipinski definition) is 3. The van der Waals surface area contributed by atoms with Gasteiger partial charge in [0.1, 0.15) is 5.04 Å². The molecule has 0 amide bonds. The van der Waals surface area contributed by atoms with Gasteiger partial charge in [-0.3, -0.25) is 0 Å². The van der Waals surface area contributed by atoms with Crippen LogP contribution in [0, 0.1) is 6.92 Å². The molecule has 0 aliphatic rings. The molecule has 2 aromatic rings. The molecule has 25 heavy (non-hydrogen) atoms. The Labute approximate surface area is 154 Å².